The fraction of sp³-hybridized carbons (Fsp3) is 0.400. The van der Waals surface area contributed by atoms with E-state index in [4.69, 9.17) is 9.47 Å². The van der Waals surface area contributed by atoms with E-state index in [-0.39, 0.29) is 5.92 Å². The van der Waals surface area contributed by atoms with Gasteiger partial charge in [0.1, 0.15) is 11.5 Å². The van der Waals surface area contributed by atoms with Gasteiger partial charge in [0.15, 0.2) is 6.10 Å². The molecule has 2 aromatic rings. The second-order valence-electron chi connectivity index (χ2n) is 6.60. The van der Waals surface area contributed by atoms with Crippen LogP contribution in [-0.2, 0) is 4.74 Å². The van der Waals surface area contributed by atoms with Gasteiger partial charge in [-0.05, 0) is 30.7 Å². The van der Waals surface area contributed by atoms with E-state index in [1.807, 2.05) is 18.2 Å². The number of anilines is 1. The van der Waals surface area contributed by atoms with Crippen molar-refractivity contribution in [3.8, 4) is 11.5 Å². The molecule has 2 atom stereocenters. The molecule has 0 aromatic heterocycles. The van der Waals surface area contributed by atoms with E-state index in [2.05, 4.69) is 0 Å². The van der Waals surface area contributed by atoms with Gasteiger partial charge in [-0.2, -0.15) is 13.2 Å². The van der Waals surface area contributed by atoms with E-state index in [9.17, 15) is 18.3 Å². The van der Waals surface area contributed by atoms with E-state index in [1.165, 1.54) is 0 Å². The van der Waals surface area contributed by atoms with Crippen molar-refractivity contribution in [1.82, 2.24) is 0 Å². The number of rotatable bonds is 7. The number of aliphatic hydroxyl groups is 1. The Kier molecular flexibility index (Phi) is 6.23. The number of hydrogen-bond acceptors (Lipinski definition) is 4. The molecule has 1 aliphatic rings. The summed E-state index contributed by atoms with van der Waals surface area (Å²) < 4.78 is 49.7. The quantitative estimate of drug-likeness (QED) is 0.779. The molecule has 0 amide bonds. The summed E-state index contributed by atoms with van der Waals surface area (Å²) in [7, 11) is 0. The lowest BCUT2D eigenvalue weighted by molar-refractivity contribution is -0.200. The van der Waals surface area contributed by atoms with Crippen LogP contribution in [0.1, 0.15) is 6.42 Å². The average molecular weight is 381 g/mol. The average Bonchev–Trinajstić information content (AvgIpc) is 3.14. The number of para-hydroxylation sites is 1. The number of nitrogens with zero attached hydrogens (tertiary/aromatic N) is 1. The van der Waals surface area contributed by atoms with E-state index in [0.717, 1.165) is 6.42 Å². The van der Waals surface area contributed by atoms with Gasteiger partial charge in [-0.3, -0.25) is 0 Å². The Morgan fingerprint density at radius 2 is 1.85 bits per heavy atom. The fourth-order valence-electron chi connectivity index (χ4n) is 3.00. The molecule has 146 valence electrons. The molecular formula is C20H22F3NO3. The first-order valence-electron chi connectivity index (χ1n) is 8.82. The molecule has 0 radical (unpaired) electrons. The highest BCUT2D eigenvalue weighted by molar-refractivity contribution is 5.52. The number of hydrogen-bond donors (Lipinski definition) is 1. The minimum Gasteiger partial charge on any atom is -0.457 e. The number of ether oxygens (including phenoxy) is 2. The van der Waals surface area contributed by atoms with Crippen molar-refractivity contribution in [3.05, 3.63) is 54.6 Å². The van der Waals surface area contributed by atoms with Gasteiger partial charge in [0.05, 0.1) is 13.2 Å². The van der Waals surface area contributed by atoms with Crippen molar-refractivity contribution in [3.63, 3.8) is 0 Å². The van der Waals surface area contributed by atoms with Gasteiger partial charge in [0, 0.05) is 30.8 Å². The van der Waals surface area contributed by atoms with Crippen LogP contribution in [0.4, 0.5) is 18.9 Å². The highest BCUT2D eigenvalue weighted by Crippen LogP contribution is 2.29. The molecule has 1 fully saturated rings. The molecule has 27 heavy (non-hydrogen) atoms. The van der Waals surface area contributed by atoms with E-state index in [1.54, 1.807) is 41.3 Å². The Bertz CT molecular complexity index is 718. The van der Waals surface area contributed by atoms with Crippen LogP contribution in [0, 0.1) is 5.92 Å². The minimum absolute atomic E-state index is 0.129. The van der Waals surface area contributed by atoms with Crippen molar-refractivity contribution in [1.29, 1.82) is 0 Å². The lowest BCUT2D eigenvalue weighted by Crippen LogP contribution is -2.43. The normalized spacial score (nSPS) is 18.3. The second kappa shape index (κ2) is 8.63. The Labute approximate surface area is 156 Å². The molecular weight excluding hydrogens is 359 g/mol. The highest BCUT2D eigenvalue weighted by atomic mass is 19.4. The van der Waals surface area contributed by atoms with Crippen LogP contribution >= 0.6 is 0 Å². The molecule has 1 N–H and O–H groups in total. The number of halogens is 3. The van der Waals surface area contributed by atoms with Crippen LogP contribution in [0.3, 0.4) is 0 Å². The van der Waals surface area contributed by atoms with E-state index >= 15 is 0 Å². The zero-order chi connectivity index (χ0) is 19.3. The lowest BCUT2D eigenvalue weighted by atomic mass is 10.1. The third kappa shape index (κ3) is 5.61. The zero-order valence-corrected chi connectivity index (χ0v) is 14.7. The first-order valence-corrected chi connectivity index (χ1v) is 8.82. The maximum absolute atomic E-state index is 12.9. The number of aliphatic hydroxyl groups excluding tert-OH is 1. The molecule has 0 saturated carbocycles. The molecule has 0 spiro atoms. The standard InChI is InChI=1S/C20H22F3NO3/c21-20(22,23)19(25)13-24(12-15-9-10-26-14-15)16-5-4-8-18(11-16)27-17-6-2-1-3-7-17/h1-8,11,15,19,25H,9-10,12-14H2. The smallest absolute Gasteiger partial charge is 0.416 e. The van der Waals surface area contributed by atoms with E-state index < -0.39 is 18.8 Å². The maximum Gasteiger partial charge on any atom is 0.416 e. The van der Waals surface area contributed by atoms with Crippen LogP contribution < -0.4 is 9.64 Å². The summed E-state index contributed by atoms with van der Waals surface area (Å²) in [4.78, 5) is 1.55. The van der Waals surface area contributed by atoms with Gasteiger partial charge in [-0.25, -0.2) is 0 Å². The Balaban J connectivity index is 1.78. The molecule has 7 heteroatoms. The van der Waals surface area contributed by atoms with Crippen LogP contribution in [0.15, 0.2) is 54.6 Å². The highest BCUT2D eigenvalue weighted by Gasteiger charge is 2.39. The molecule has 4 nitrogen and oxygen atoms in total. The largest absolute Gasteiger partial charge is 0.457 e. The second-order valence-corrected chi connectivity index (χ2v) is 6.60. The molecule has 3 rings (SSSR count). The molecule has 0 aliphatic carbocycles. The van der Waals surface area contributed by atoms with Gasteiger partial charge in [-0.15, -0.1) is 0 Å². The molecule has 0 bridgehead atoms. The fourth-order valence-corrected chi connectivity index (χ4v) is 3.00. The van der Waals surface area contributed by atoms with Gasteiger partial charge in [0.2, 0.25) is 0 Å². The van der Waals surface area contributed by atoms with Crippen LogP contribution in [-0.4, -0.2) is 43.7 Å². The summed E-state index contributed by atoms with van der Waals surface area (Å²) in [5.41, 5.74) is 0.568. The molecule has 1 aliphatic heterocycles. The summed E-state index contributed by atoms with van der Waals surface area (Å²) in [5, 5.41) is 9.57. The van der Waals surface area contributed by atoms with Crippen LogP contribution in [0.2, 0.25) is 0 Å². The van der Waals surface area contributed by atoms with Gasteiger partial charge in [-0.1, -0.05) is 24.3 Å². The summed E-state index contributed by atoms with van der Waals surface area (Å²) >= 11 is 0. The van der Waals surface area contributed by atoms with Crippen LogP contribution in [0.5, 0.6) is 11.5 Å². The Hall–Kier alpha value is -2.25. The topological polar surface area (TPSA) is 41.9 Å². The first-order chi connectivity index (χ1) is 12.9. The van der Waals surface area contributed by atoms with Gasteiger partial charge < -0.3 is 19.5 Å². The monoisotopic (exact) mass is 381 g/mol. The predicted molar refractivity (Wildman–Crippen MR) is 96.2 cm³/mol. The third-order valence-electron chi connectivity index (χ3n) is 4.44. The lowest BCUT2D eigenvalue weighted by Gasteiger charge is -2.30. The first kappa shape index (κ1) is 19.5. The third-order valence-corrected chi connectivity index (χ3v) is 4.44. The molecule has 2 aromatic carbocycles. The van der Waals surface area contributed by atoms with Crippen LogP contribution in [0.25, 0.3) is 0 Å². The van der Waals surface area contributed by atoms with Crippen molar-refractivity contribution < 1.29 is 27.8 Å². The SMILES string of the molecule is OC(CN(CC1CCOC1)c1cccc(Oc2ccccc2)c1)C(F)(F)F. The Morgan fingerprint density at radius 3 is 2.52 bits per heavy atom. The van der Waals surface area contributed by atoms with Gasteiger partial charge >= 0.3 is 6.18 Å². The zero-order valence-electron chi connectivity index (χ0n) is 14.7. The van der Waals surface area contributed by atoms with Gasteiger partial charge in [0.25, 0.3) is 0 Å². The number of benzene rings is 2. The minimum atomic E-state index is -4.66. The molecule has 1 saturated heterocycles. The van der Waals surface area contributed by atoms with Crippen molar-refractivity contribution >= 4 is 5.69 Å². The summed E-state index contributed by atoms with van der Waals surface area (Å²) in [5.74, 6) is 1.29. The van der Waals surface area contributed by atoms with Crippen molar-refractivity contribution in [2.75, 3.05) is 31.2 Å². The Morgan fingerprint density at radius 1 is 1.11 bits per heavy atom. The number of alkyl halides is 3. The predicted octanol–water partition coefficient (Wildman–Crippen LogP) is 4.25. The summed E-state index contributed by atoms with van der Waals surface area (Å²) in [6.07, 6.45) is -6.29. The van der Waals surface area contributed by atoms with Crippen molar-refractivity contribution in [2.45, 2.75) is 18.7 Å². The summed E-state index contributed by atoms with van der Waals surface area (Å²) in [6, 6.07) is 16.0. The molecule has 2 unspecified atom stereocenters. The summed E-state index contributed by atoms with van der Waals surface area (Å²) in [6.45, 7) is 0.965. The molecule has 1 heterocycles. The maximum atomic E-state index is 12.9. The van der Waals surface area contributed by atoms with Crippen molar-refractivity contribution in [2.24, 2.45) is 5.92 Å². The van der Waals surface area contributed by atoms with E-state index in [0.29, 0.717) is 36.9 Å².